The molecular formula is C13H14ClN3O2. The zero-order valence-electron chi connectivity index (χ0n) is 10.5. The van der Waals surface area contributed by atoms with E-state index in [-0.39, 0.29) is 11.1 Å². The number of nitrogen functional groups attached to an aromatic ring is 1. The summed E-state index contributed by atoms with van der Waals surface area (Å²) in [5, 5.41) is 0.270. The summed E-state index contributed by atoms with van der Waals surface area (Å²) in [6, 6.07) is 9.34. The highest BCUT2D eigenvalue weighted by atomic mass is 35.5. The molecule has 0 spiro atoms. The molecule has 0 aliphatic heterocycles. The van der Waals surface area contributed by atoms with E-state index in [4.69, 9.17) is 26.8 Å². The van der Waals surface area contributed by atoms with Gasteiger partial charge in [-0.25, -0.2) is 4.98 Å². The Bertz CT molecular complexity index is 526. The van der Waals surface area contributed by atoms with Gasteiger partial charge >= 0.3 is 0 Å². The normalized spacial score (nSPS) is 10.2. The van der Waals surface area contributed by atoms with Crippen LogP contribution in [0.25, 0.3) is 0 Å². The largest absolute Gasteiger partial charge is 0.497 e. The lowest BCUT2D eigenvalue weighted by Gasteiger charge is -2.06. The Labute approximate surface area is 116 Å². The van der Waals surface area contributed by atoms with Crippen molar-refractivity contribution in [3.63, 3.8) is 0 Å². The molecule has 19 heavy (non-hydrogen) atoms. The van der Waals surface area contributed by atoms with Crippen molar-refractivity contribution in [2.75, 3.05) is 19.5 Å². The molecule has 0 bridgehead atoms. The van der Waals surface area contributed by atoms with Gasteiger partial charge < -0.3 is 15.2 Å². The third-order valence-electron chi connectivity index (χ3n) is 2.49. The average Bonchev–Trinajstić information content (AvgIpc) is 2.38. The van der Waals surface area contributed by atoms with Crippen LogP contribution in [0.3, 0.4) is 0 Å². The molecule has 1 aromatic carbocycles. The number of hydrogen-bond acceptors (Lipinski definition) is 5. The van der Waals surface area contributed by atoms with Crippen LogP contribution in [0.15, 0.2) is 30.3 Å². The molecule has 0 fully saturated rings. The number of ether oxygens (including phenoxy) is 2. The molecule has 0 aliphatic carbocycles. The van der Waals surface area contributed by atoms with Gasteiger partial charge in [-0.1, -0.05) is 23.7 Å². The fraction of sp³-hybridized carbons (Fsp3) is 0.231. The highest BCUT2D eigenvalue weighted by Gasteiger charge is 2.02. The van der Waals surface area contributed by atoms with Crippen LogP contribution >= 0.6 is 11.6 Å². The number of nitrogens with zero attached hydrogens (tertiary/aromatic N) is 2. The van der Waals surface area contributed by atoms with Gasteiger partial charge in [-0.2, -0.15) is 4.98 Å². The Kier molecular flexibility index (Phi) is 4.41. The lowest BCUT2D eigenvalue weighted by Crippen LogP contribution is -2.04. The van der Waals surface area contributed by atoms with Gasteiger partial charge in [-0.05, 0) is 17.7 Å². The van der Waals surface area contributed by atoms with E-state index in [0.717, 1.165) is 17.7 Å². The average molecular weight is 280 g/mol. The third-order valence-corrected chi connectivity index (χ3v) is 2.68. The Morgan fingerprint density at radius 2 is 1.95 bits per heavy atom. The highest BCUT2D eigenvalue weighted by Crippen LogP contribution is 2.15. The molecule has 6 heteroatoms. The Balaban J connectivity index is 1.88. The van der Waals surface area contributed by atoms with E-state index >= 15 is 0 Å². The summed E-state index contributed by atoms with van der Waals surface area (Å²) in [7, 11) is 1.64. The van der Waals surface area contributed by atoms with Gasteiger partial charge in [0.15, 0.2) is 0 Å². The standard InChI is InChI=1S/C13H14ClN3O2/c1-18-10-4-2-9(3-5-10)6-7-19-12-8-11(14)16-13(15)17-12/h2-5,8H,6-7H2,1H3,(H2,15,16,17). The molecule has 2 N–H and O–H groups in total. The van der Waals surface area contributed by atoms with Crippen LogP contribution < -0.4 is 15.2 Å². The first-order valence-corrected chi connectivity index (χ1v) is 6.11. The third kappa shape index (κ3) is 3.99. The number of anilines is 1. The summed E-state index contributed by atoms with van der Waals surface area (Å²) >= 11 is 5.75. The summed E-state index contributed by atoms with van der Waals surface area (Å²) < 4.78 is 10.6. The number of halogens is 1. The smallest absolute Gasteiger partial charge is 0.224 e. The van der Waals surface area contributed by atoms with Crippen LogP contribution in [-0.4, -0.2) is 23.7 Å². The van der Waals surface area contributed by atoms with Crippen molar-refractivity contribution in [2.24, 2.45) is 0 Å². The van der Waals surface area contributed by atoms with E-state index < -0.39 is 0 Å². The van der Waals surface area contributed by atoms with Crippen LogP contribution in [0.2, 0.25) is 5.15 Å². The monoisotopic (exact) mass is 279 g/mol. The topological polar surface area (TPSA) is 70.3 Å². The maximum atomic E-state index is 5.75. The van der Waals surface area contributed by atoms with Gasteiger partial charge in [-0.3, -0.25) is 0 Å². The lowest BCUT2D eigenvalue weighted by molar-refractivity contribution is 0.309. The van der Waals surface area contributed by atoms with Gasteiger partial charge in [0.2, 0.25) is 11.8 Å². The van der Waals surface area contributed by atoms with Crippen LogP contribution in [0.5, 0.6) is 11.6 Å². The molecule has 0 amide bonds. The van der Waals surface area contributed by atoms with Crippen molar-refractivity contribution < 1.29 is 9.47 Å². The van der Waals surface area contributed by atoms with Crippen LogP contribution in [-0.2, 0) is 6.42 Å². The van der Waals surface area contributed by atoms with Crippen molar-refractivity contribution in [3.05, 3.63) is 41.0 Å². The fourth-order valence-electron chi connectivity index (χ4n) is 1.55. The van der Waals surface area contributed by atoms with Crippen molar-refractivity contribution in [3.8, 4) is 11.6 Å². The fourth-order valence-corrected chi connectivity index (χ4v) is 1.73. The summed E-state index contributed by atoms with van der Waals surface area (Å²) in [5.74, 6) is 1.32. The van der Waals surface area contributed by atoms with E-state index in [2.05, 4.69) is 9.97 Å². The zero-order chi connectivity index (χ0) is 13.7. The predicted octanol–water partition coefficient (Wildman–Crippen LogP) is 2.34. The Morgan fingerprint density at radius 3 is 2.58 bits per heavy atom. The van der Waals surface area contributed by atoms with Crippen molar-refractivity contribution in [1.29, 1.82) is 0 Å². The molecule has 0 atom stereocenters. The summed E-state index contributed by atoms with van der Waals surface area (Å²) in [5.41, 5.74) is 6.62. The molecule has 1 aromatic heterocycles. The van der Waals surface area contributed by atoms with Gasteiger partial charge in [0.25, 0.3) is 0 Å². The van der Waals surface area contributed by atoms with Gasteiger partial charge in [0, 0.05) is 12.5 Å². The number of rotatable bonds is 5. The minimum absolute atomic E-state index is 0.104. The molecule has 0 radical (unpaired) electrons. The van der Waals surface area contributed by atoms with Crippen molar-refractivity contribution in [1.82, 2.24) is 9.97 Å². The first-order valence-electron chi connectivity index (χ1n) is 5.73. The van der Waals surface area contributed by atoms with Crippen LogP contribution in [0.1, 0.15) is 5.56 Å². The van der Waals surface area contributed by atoms with Crippen LogP contribution in [0.4, 0.5) is 5.95 Å². The maximum absolute atomic E-state index is 5.75. The van der Waals surface area contributed by atoms with Gasteiger partial charge in [0.1, 0.15) is 10.9 Å². The summed E-state index contributed by atoms with van der Waals surface area (Å²) in [6.45, 7) is 0.485. The molecule has 2 aromatic rings. The van der Waals surface area contributed by atoms with E-state index in [1.807, 2.05) is 24.3 Å². The zero-order valence-corrected chi connectivity index (χ0v) is 11.2. The summed E-state index contributed by atoms with van der Waals surface area (Å²) in [4.78, 5) is 7.69. The van der Waals surface area contributed by atoms with E-state index in [1.54, 1.807) is 7.11 Å². The second-order valence-electron chi connectivity index (χ2n) is 3.83. The van der Waals surface area contributed by atoms with E-state index in [9.17, 15) is 0 Å². The molecule has 2 rings (SSSR count). The maximum Gasteiger partial charge on any atom is 0.224 e. The number of hydrogen-bond donors (Lipinski definition) is 1. The quantitative estimate of drug-likeness (QED) is 0.851. The predicted molar refractivity (Wildman–Crippen MR) is 73.6 cm³/mol. The van der Waals surface area contributed by atoms with Gasteiger partial charge in [0.05, 0.1) is 13.7 Å². The highest BCUT2D eigenvalue weighted by molar-refractivity contribution is 6.29. The Hall–Kier alpha value is -2.01. The lowest BCUT2D eigenvalue weighted by atomic mass is 10.1. The number of benzene rings is 1. The number of nitrogens with two attached hydrogens (primary N) is 1. The SMILES string of the molecule is COc1ccc(CCOc2cc(Cl)nc(N)n2)cc1. The van der Waals surface area contributed by atoms with Crippen molar-refractivity contribution >= 4 is 17.5 Å². The molecule has 5 nitrogen and oxygen atoms in total. The minimum atomic E-state index is 0.104. The summed E-state index contributed by atoms with van der Waals surface area (Å²) in [6.07, 6.45) is 0.755. The molecular weight excluding hydrogens is 266 g/mol. The molecule has 0 saturated carbocycles. The molecule has 0 saturated heterocycles. The van der Waals surface area contributed by atoms with Crippen molar-refractivity contribution in [2.45, 2.75) is 6.42 Å². The minimum Gasteiger partial charge on any atom is -0.497 e. The molecule has 0 unspecified atom stereocenters. The first kappa shape index (κ1) is 13.4. The van der Waals surface area contributed by atoms with Gasteiger partial charge in [-0.15, -0.1) is 0 Å². The number of aromatic nitrogens is 2. The molecule has 1 heterocycles. The second kappa shape index (κ2) is 6.24. The van der Waals surface area contributed by atoms with E-state index in [0.29, 0.717) is 12.5 Å². The Morgan fingerprint density at radius 1 is 1.21 bits per heavy atom. The first-order chi connectivity index (χ1) is 9.17. The second-order valence-corrected chi connectivity index (χ2v) is 4.22. The number of methoxy groups -OCH3 is 1. The molecule has 0 aliphatic rings. The van der Waals surface area contributed by atoms with Crippen LogP contribution in [0, 0.1) is 0 Å². The van der Waals surface area contributed by atoms with E-state index in [1.165, 1.54) is 6.07 Å². The molecule has 100 valence electrons.